The molecule has 0 bridgehead atoms. The lowest BCUT2D eigenvalue weighted by Gasteiger charge is -2.06. The predicted octanol–water partition coefficient (Wildman–Crippen LogP) is 4.31. The molecule has 1 nitrogen and oxygen atoms in total. The second-order valence-electron chi connectivity index (χ2n) is 5.70. The van der Waals surface area contributed by atoms with E-state index in [1.165, 1.54) is 38.4 Å². The summed E-state index contributed by atoms with van der Waals surface area (Å²) in [6.45, 7) is 0.988. The van der Waals surface area contributed by atoms with Crippen LogP contribution < -0.4 is 4.57 Å². The van der Waals surface area contributed by atoms with Gasteiger partial charge in [0.05, 0.1) is 5.39 Å². The van der Waals surface area contributed by atoms with Crippen molar-refractivity contribution < 1.29 is 4.57 Å². The largest absolute Gasteiger partial charge is 0.221 e. The summed E-state index contributed by atoms with van der Waals surface area (Å²) >= 11 is 0. The summed E-state index contributed by atoms with van der Waals surface area (Å²) in [5.74, 6) is 0. The van der Waals surface area contributed by atoms with Crippen molar-refractivity contribution >= 4 is 21.7 Å². The van der Waals surface area contributed by atoms with Crippen LogP contribution in [-0.4, -0.2) is 0 Å². The van der Waals surface area contributed by atoms with Crippen LogP contribution in [0, 0.1) is 0 Å². The van der Waals surface area contributed by atoms with Crippen molar-refractivity contribution in [1.82, 2.24) is 0 Å². The molecule has 0 unspecified atom stereocenters. The Morgan fingerprint density at radius 2 is 1.67 bits per heavy atom. The Morgan fingerprint density at radius 3 is 2.57 bits per heavy atom. The fraction of sp³-hybridized carbons (Fsp3) is 0.0500. The van der Waals surface area contributed by atoms with Gasteiger partial charge in [0, 0.05) is 17.0 Å². The van der Waals surface area contributed by atoms with E-state index in [2.05, 4.69) is 77.5 Å². The molecule has 0 amide bonds. The van der Waals surface area contributed by atoms with E-state index >= 15 is 0 Å². The Balaban J connectivity index is 1.97. The number of rotatable bonds is 1. The highest BCUT2D eigenvalue weighted by Crippen LogP contribution is 2.36. The minimum atomic E-state index is 0.988. The normalized spacial score (nSPS) is 12.6. The molecule has 1 aliphatic heterocycles. The maximum absolute atomic E-state index is 2.36. The van der Waals surface area contributed by atoms with Crippen molar-refractivity contribution in [3.8, 4) is 11.1 Å². The van der Waals surface area contributed by atoms with Gasteiger partial charge in [-0.25, -0.2) is 0 Å². The van der Waals surface area contributed by atoms with E-state index in [0.29, 0.717) is 0 Å². The van der Waals surface area contributed by atoms with Gasteiger partial charge in [0.2, 0.25) is 5.52 Å². The zero-order chi connectivity index (χ0) is 13.8. The molecule has 0 spiro atoms. The molecule has 0 saturated carbocycles. The average molecular weight is 268 g/mol. The van der Waals surface area contributed by atoms with Gasteiger partial charge in [0.15, 0.2) is 12.7 Å². The number of hydrogen-bond donors (Lipinski definition) is 0. The van der Waals surface area contributed by atoms with E-state index in [1.54, 1.807) is 0 Å². The zero-order valence-electron chi connectivity index (χ0n) is 11.6. The lowest BCUT2D eigenvalue weighted by Crippen LogP contribution is -2.30. The van der Waals surface area contributed by atoms with Crippen LogP contribution in [0.3, 0.4) is 0 Å². The first-order valence-electron chi connectivity index (χ1n) is 7.34. The second-order valence-corrected chi connectivity index (χ2v) is 5.70. The number of pyridine rings is 1. The molecule has 1 heteroatoms. The van der Waals surface area contributed by atoms with E-state index in [1.807, 2.05) is 0 Å². The van der Waals surface area contributed by atoms with Crippen molar-refractivity contribution in [3.05, 3.63) is 78.5 Å². The molecule has 2 heterocycles. The lowest BCUT2D eigenvalue weighted by molar-refractivity contribution is -0.657. The molecule has 4 aromatic rings. The summed E-state index contributed by atoms with van der Waals surface area (Å²) in [6, 6.07) is 24.1. The zero-order valence-corrected chi connectivity index (χ0v) is 11.6. The van der Waals surface area contributed by atoms with Gasteiger partial charge in [-0.3, -0.25) is 0 Å². The van der Waals surface area contributed by atoms with Gasteiger partial charge in [-0.2, -0.15) is 4.57 Å². The predicted molar refractivity (Wildman–Crippen MR) is 86.2 cm³/mol. The Bertz CT molecular complexity index is 1000. The number of hydrogen-bond acceptors (Lipinski definition) is 0. The summed E-state index contributed by atoms with van der Waals surface area (Å²) < 4.78 is 2.36. The third-order valence-electron chi connectivity index (χ3n) is 4.53. The summed E-state index contributed by atoms with van der Waals surface area (Å²) in [7, 11) is 0. The highest BCUT2D eigenvalue weighted by molar-refractivity contribution is 6.11. The Hall–Kier alpha value is -2.67. The molecule has 21 heavy (non-hydrogen) atoms. The molecule has 98 valence electrons. The van der Waals surface area contributed by atoms with Gasteiger partial charge in [-0.1, -0.05) is 48.5 Å². The smallest absolute Gasteiger partial charge is 0.193 e. The van der Waals surface area contributed by atoms with Gasteiger partial charge in [0.1, 0.15) is 0 Å². The topological polar surface area (TPSA) is 3.88 Å². The fourth-order valence-corrected chi connectivity index (χ4v) is 3.60. The molecule has 1 aromatic heterocycles. The first kappa shape index (κ1) is 11.0. The molecule has 0 atom stereocenters. The van der Waals surface area contributed by atoms with Crippen molar-refractivity contribution in [2.45, 2.75) is 6.54 Å². The molecule has 0 radical (unpaired) electrons. The van der Waals surface area contributed by atoms with E-state index in [4.69, 9.17) is 0 Å². The van der Waals surface area contributed by atoms with Crippen LogP contribution in [0.15, 0.2) is 72.9 Å². The minimum absolute atomic E-state index is 0.988. The minimum Gasteiger partial charge on any atom is -0.193 e. The van der Waals surface area contributed by atoms with E-state index in [9.17, 15) is 0 Å². The third-order valence-corrected chi connectivity index (χ3v) is 4.53. The number of aromatic nitrogens is 1. The Labute approximate surface area is 123 Å². The highest BCUT2D eigenvalue weighted by atomic mass is 15.0. The van der Waals surface area contributed by atoms with Crippen molar-refractivity contribution in [1.29, 1.82) is 0 Å². The molecular formula is C20H14N+. The van der Waals surface area contributed by atoms with Crippen LogP contribution in [0.2, 0.25) is 0 Å². The monoisotopic (exact) mass is 268 g/mol. The standard InChI is InChI=1S/C20H14N/c1-2-5-14(6-3-1)17-10-9-16-13-21-12-4-7-15-8-11-18(17)19(16)20(15)21/h1-12H,13H2/q+1. The van der Waals surface area contributed by atoms with Crippen LogP contribution in [0.4, 0.5) is 0 Å². The first-order chi connectivity index (χ1) is 10.4. The molecule has 0 N–H and O–H groups in total. The van der Waals surface area contributed by atoms with E-state index in [0.717, 1.165) is 6.54 Å². The molecule has 0 fully saturated rings. The van der Waals surface area contributed by atoms with Gasteiger partial charge in [0.25, 0.3) is 0 Å². The van der Waals surface area contributed by atoms with Crippen molar-refractivity contribution in [2.24, 2.45) is 0 Å². The summed E-state index contributed by atoms with van der Waals surface area (Å²) in [4.78, 5) is 0. The molecule has 0 aliphatic carbocycles. The van der Waals surface area contributed by atoms with Crippen LogP contribution in [-0.2, 0) is 6.54 Å². The molecule has 0 saturated heterocycles. The summed E-state index contributed by atoms with van der Waals surface area (Å²) in [5, 5.41) is 4.12. The van der Waals surface area contributed by atoms with Gasteiger partial charge in [-0.15, -0.1) is 0 Å². The highest BCUT2D eigenvalue weighted by Gasteiger charge is 2.24. The van der Waals surface area contributed by atoms with Crippen LogP contribution in [0.5, 0.6) is 0 Å². The maximum Gasteiger partial charge on any atom is 0.221 e. The lowest BCUT2D eigenvalue weighted by atomic mass is 9.95. The SMILES string of the molecule is c1ccc(-c2ccc3c4c2ccc2ccc[n+](c24)C3)cc1. The quantitative estimate of drug-likeness (QED) is 0.315. The first-order valence-corrected chi connectivity index (χ1v) is 7.34. The number of nitrogens with zero attached hydrogens (tertiary/aromatic N) is 1. The fourth-order valence-electron chi connectivity index (χ4n) is 3.60. The van der Waals surface area contributed by atoms with Crippen LogP contribution in [0.1, 0.15) is 5.56 Å². The molecule has 1 aliphatic rings. The Kier molecular flexibility index (Phi) is 2.06. The van der Waals surface area contributed by atoms with Gasteiger partial charge in [-0.05, 0) is 28.6 Å². The Morgan fingerprint density at radius 1 is 0.762 bits per heavy atom. The van der Waals surface area contributed by atoms with Gasteiger partial charge >= 0.3 is 0 Å². The van der Waals surface area contributed by atoms with Crippen molar-refractivity contribution in [3.63, 3.8) is 0 Å². The molecule has 5 rings (SSSR count). The third kappa shape index (κ3) is 1.43. The summed E-state index contributed by atoms with van der Waals surface area (Å²) in [5.41, 5.74) is 5.43. The maximum atomic E-state index is 2.36. The van der Waals surface area contributed by atoms with E-state index in [-0.39, 0.29) is 0 Å². The summed E-state index contributed by atoms with van der Waals surface area (Å²) in [6.07, 6.45) is 2.18. The van der Waals surface area contributed by atoms with E-state index < -0.39 is 0 Å². The molecule has 3 aromatic carbocycles. The van der Waals surface area contributed by atoms with Gasteiger partial charge < -0.3 is 0 Å². The molecular weight excluding hydrogens is 254 g/mol. The second kappa shape index (κ2) is 3.92. The van der Waals surface area contributed by atoms with Crippen molar-refractivity contribution in [2.75, 3.05) is 0 Å². The average Bonchev–Trinajstić information content (AvgIpc) is 2.93. The van der Waals surface area contributed by atoms with Crippen LogP contribution >= 0.6 is 0 Å². The number of benzene rings is 3. The van der Waals surface area contributed by atoms with Crippen LogP contribution in [0.25, 0.3) is 32.8 Å².